The Hall–Kier alpha value is -1.56. The van der Waals surface area contributed by atoms with E-state index in [4.69, 9.17) is 5.11 Å². The van der Waals surface area contributed by atoms with Crippen molar-refractivity contribution < 1.29 is 14.7 Å². The fraction of sp³-hybridized carbons (Fsp3) is 0.385. The van der Waals surface area contributed by atoms with Gasteiger partial charge in [0.25, 0.3) is 0 Å². The van der Waals surface area contributed by atoms with Crippen LogP contribution in [-0.4, -0.2) is 35.6 Å². The number of nitrogens with one attached hydrogen (secondary N) is 1. The van der Waals surface area contributed by atoms with Crippen molar-refractivity contribution in [1.29, 1.82) is 0 Å². The lowest BCUT2D eigenvalue weighted by Crippen LogP contribution is -2.32. The SMILES string of the molecule is CCCCN(C)C(=O)Nc1ccc(Br)cc1C(=O)O. The molecule has 0 heterocycles. The summed E-state index contributed by atoms with van der Waals surface area (Å²) in [6.07, 6.45) is 1.91. The second-order valence-electron chi connectivity index (χ2n) is 4.20. The van der Waals surface area contributed by atoms with Crippen LogP contribution in [0.2, 0.25) is 0 Å². The molecule has 0 aliphatic heterocycles. The van der Waals surface area contributed by atoms with Crippen LogP contribution in [0.5, 0.6) is 0 Å². The number of carboxylic acid groups (broad SMARTS) is 1. The van der Waals surface area contributed by atoms with E-state index in [1.165, 1.54) is 11.0 Å². The molecule has 2 amide bonds. The number of hydrogen-bond acceptors (Lipinski definition) is 2. The molecule has 6 heteroatoms. The largest absolute Gasteiger partial charge is 0.478 e. The average molecular weight is 329 g/mol. The van der Waals surface area contributed by atoms with Crippen LogP contribution in [-0.2, 0) is 0 Å². The highest BCUT2D eigenvalue weighted by Crippen LogP contribution is 2.21. The zero-order valence-electron chi connectivity index (χ0n) is 10.9. The van der Waals surface area contributed by atoms with Crippen LogP contribution in [0.1, 0.15) is 30.1 Å². The topological polar surface area (TPSA) is 69.6 Å². The summed E-state index contributed by atoms with van der Waals surface area (Å²) < 4.78 is 0.655. The van der Waals surface area contributed by atoms with E-state index >= 15 is 0 Å². The zero-order chi connectivity index (χ0) is 14.4. The minimum absolute atomic E-state index is 0.0617. The van der Waals surface area contributed by atoms with Crippen LogP contribution < -0.4 is 5.32 Å². The number of carbonyl (C=O) groups excluding carboxylic acids is 1. The lowest BCUT2D eigenvalue weighted by molar-refractivity contribution is 0.0698. The van der Waals surface area contributed by atoms with Crippen LogP contribution in [0.15, 0.2) is 22.7 Å². The number of nitrogens with zero attached hydrogens (tertiary/aromatic N) is 1. The molecule has 0 aliphatic rings. The number of amides is 2. The Morgan fingerprint density at radius 3 is 2.68 bits per heavy atom. The van der Waals surface area contributed by atoms with Crippen molar-refractivity contribution in [3.05, 3.63) is 28.2 Å². The molecular weight excluding hydrogens is 312 g/mol. The molecule has 1 rings (SSSR count). The quantitative estimate of drug-likeness (QED) is 0.870. The molecular formula is C13H17BrN2O3. The Kier molecular flexibility index (Phi) is 5.82. The van der Waals surface area contributed by atoms with Crippen LogP contribution in [0, 0.1) is 0 Å². The molecule has 0 spiro atoms. The smallest absolute Gasteiger partial charge is 0.337 e. The van der Waals surface area contributed by atoms with Crippen LogP contribution in [0.3, 0.4) is 0 Å². The van der Waals surface area contributed by atoms with Crippen molar-refractivity contribution in [2.45, 2.75) is 19.8 Å². The van der Waals surface area contributed by atoms with E-state index in [0.29, 0.717) is 16.7 Å². The van der Waals surface area contributed by atoms with Crippen LogP contribution in [0.4, 0.5) is 10.5 Å². The lowest BCUT2D eigenvalue weighted by Gasteiger charge is -2.18. The van der Waals surface area contributed by atoms with Gasteiger partial charge in [0.05, 0.1) is 11.3 Å². The van der Waals surface area contributed by atoms with Gasteiger partial charge in [-0.2, -0.15) is 0 Å². The van der Waals surface area contributed by atoms with Gasteiger partial charge >= 0.3 is 12.0 Å². The van der Waals surface area contributed by atoms with E-state index in [1.54, 1.807) is 19.2 Å². The highest BCUT2D eigenvalue weighted by molar-refractivity contribution is 9.10. The van der Waals surface area contributed by atoms with Crippen molar-refractivity contribution in [1.82, 2.24) is 4.90 Å². The monoisotopic (exact) mass is 328 g/mol. The lowest BCUT2D eigenvalue weighted by atomic mass is 10.2. The average Bonchev–Trinajstić information content (AvgIpc) is 2.37. The molecule has 0 saturated carbocycles. The van der Waals surface area contributed by atoms with Crippen LogP contribution in [0.25, 0.3) is 0 Å². The first-order valence-corrected chi connectivity index (χ1v) is 6.80. The fourth-order valence-corrected chi connectivity index (χ4v) is 1.87. The van der Waals surface area contributed by atoms with Gasteiger partial charge < -0.3 is 15.3 Å². The molecule has 0 unspecified atom stereocenters. The highest BCUT2D eigenvalue weighted by Gasteiger charge is 2.14. The maximum absolute atomic E-state index is 11.9. The summed E-state index contributed by atoms with van der Waals surface area (Å²) >= 11 is 3.21. The second kappa shape index (κ2) is 7.13. The van der Waals surface area contributed by atoms with Crippen molar-refractivity contribution in [3.63, 3.8) is 0 Å². The maximum atomic E-state index is 11.9. The first-order chi connectivity index (χ1) is 8.95. The molecule has 0 atom stereocenters. The Bertz CT molecular complexity index is 477. The molecule has 1 aromatic carbocycles. The highest BCUT2D eigenvalue weighted by atomic mass is 79.9. The van der Waals surface area contributed by atoms with Gasteiger partial charge in [0.15, 0.2) is 0 Å². The Morgan fingerprint density at radius 2 is 2.11 bits per heavy atom. The summed E-state index contributed by atoms with van der Waals surface area (Å²) in [7, 11) is 1.68. The van der Waals surface area contributed by atoms with Crippen molar-refractivity contribution in [3.8, 4) is 0 Å². The Balaban J connectivity index is 2.81. The van der Waals surface area contributed by atoms with E-state index in [1.807, 2.05) is 6.92 Å². The summed E-state index contributed by atoms with van der Waals surface area (Å²) in [5, 5.41) is 11.7. The normalized spacial score (nSPS) is 10.1. The number of rotatable bonds is 5. The number of benzene rings is 1. The number of hydrogen-bond donors (Lipinski definition) is 2. The fourth-order valence-electron chi connectivity index (χ4n) is 1.51. The number of urea groups is 1. The molecule has 5 nitrogen and oxygen atoms in total. The standard InChI is InChI=1S/C13H17BrN2O3/c1-3-4-7-16(2)13(19)15-11-6-5-9(14)8-10(11)12(17)18/h5-6,8H,3-4,7H2,1-2H3,(H,15,19)(H,17,18). The first-order valence-electron chi connectivity index (χ1n) is 6.00. The predicted molar refractivity (Wildman–Crippen MR) is 77.7 cm³/mol. The number of halogens is 1. The maximum Gasteiger partial charge on any atom is 0.337 e. The molecule has 19 heavy (non-hydrogen) atoms. The molecule has 104 valence electrons. The van der Waals surface area contributed by atoms with Gasteiger partial charge in [-0.05, 0) is 24.6 Å². The van der Waals surface area contributed by atoms with Gasteiger partial charge in [-0.1, -0.05) is 29.3 Å². The molecule has 0 bridgehead atoms. The molecule has 0 aliphatic carbocycles. The van der Waals surface area contributed by atoms with E-state index in [2.05, 4.69) is 21.2 Å². The molecule has 0 saturated heterocycles. The molecule has 0 aromatic heterocycles. The number of unbranched alkanes of at least 4 members (excludes halogenated alkanes) is 1. The third-order valence-electron chi connectivity index (χ3n) is 2.65. The zero-order valence-corrected chi connectivity index (χ0v) is 12.5. The van der Waals surface area contributed by atoms with E-state index in [9.17, 15) is 9.59 Å². The summed E-state index contributed by atoms with van der Waals surface area (Å²) in [5.41, 5.74) is 0.357. The summed E-state index contributed by atoms with van der Waals surface area (Å²) in [5.74, 6) is -1.08. The van der Waals surface area contributed by atoms with E-state index in [0.717, 1.165) is 12.8 Å². The van der Waals surface area contributed by atoms with Crippen molar-refractivity contribution in [2.75, 3.05) is 18.9 Å². The minimum atomic E-state index is -1.08. The minimum Gasteiger partial charge on any atom is -0.478 e. The summed E-state index contributed by atoms with van der Waals surface area (Å²) in [4.78, 5) is 24.5. The van der Waals surface area contributed by atoms with Gasteiger partial charge in [0, 0.05) is 18.1 Å². The third kappa shape index (κ3) is 4.55. The van der Waals surface area contributed by atoms with Gasteiger partial charge in [0.1, 0.15) is 0 Å². The van der Waals surface area contributed by atoms with Gasteiger partial charge in [0.2, 0.25) is 0 Å². The third-order valence-corrected chi connectivity index (χ3v) is 3.14. The van der Waals surface area contributed by atoms with Crippen LogP contribution >= 0.6 is 15.9 Å². The molecule has 0 radical (unpaired) electrons. The Morgan fingerprint density at radius 1 is 1.42 bits per heavy atom. The summed E-state index contributed by atoms with van der Waals surface area (Å²) in [6.45, 7) is 2.68. The first kappa shape index (κ1) is 15.5. The number of carbonyl (C=O) groups is 2. The number of aromatic carboxylic acids is 1. The van der Waals surface area contributed by atoms with Gasteiger partial charge in [-0.15, -0.1) is 0 Å². The Labute approximate surface area is 120 Å². The molecule has 0 fully saturated rings. The second-order valence-corrected chi connectivity index (χ2v) is 5.12. The molecule has 1 aromatic rings. The van der Waals surface area contributed by atoms with Gasteiger partial charge in [-0.25, -0.2) is 9.59 Å². The number of carboxylic acids is 1. The van der Waals surface area contributed by atoms with E-state index in [-0.39, 0.29) is 11.6 Å². The predicted octanol–water partition coefficient (Wildman–Crippen LogP) is 3.41. The number of anilines is 1. The van der Waals surface area contributed by atoms with E-state index < -0.39 is 5.97 Å². The van der Waals surface area contributed by atoms with Crippen molar-refractivity contribution >= 4 is 33.6 Å². The summed E-state index contributed by atoms with van der Waals surface area (Å²) in [6, 6.07) is 4.41. The van der Waals surface area contributed by atoms with Crippen molar-refractivity contribution in [2.24, 2.45) is 0 Å². The molecule has 2 N–H and O–H groups in total. The van der Waals surface area contributed by atoms with Gasteiger partial charge in [-0.3, -0.25) is 0 Å².